The lowest BCUT2D eigenvalue weighted by molar-refractivity contribution is -0.144. The number of aromatic nitrogens is 3. The monoisotopic (exact) mass is 929 g/mol. The van der Waals surface area contributed by atoms with Crippen molar-refractivity contribution in [2.24, 2.45) is 5.41 Å². The van der Waals surface area contributed by atoms with Gasteiger partial charge < -0.3 is 39.8 Å². The van der Waals surface area contributed by atoms with Crippen LogP contribution in [-0.2, 0) is 36.8 Å². The Bertz CT molecular complexity index is 2410. The van der Waals surface area contributed by atoms with E-state index < -0.39 is 47.9 Å². The van der Waals surface area contributed by atoms with E-state index >= 15 is 0 Å². The lowest BCUT2D eigenvalue weighted by Gasteiger charge is -2.40. The lowest BCUT2D eigenvalue weighted by atomic mass is 9.85. The molecule has 3 aromatic heterocycles. The van der Waals surface area contributed by atoms with Crippen molar-refractivity contribution in [2.45, 2.75) is 104 Å². The van der Waals surface area contributed by atoms with Gasteiger partial charge in [-0.3, -0.25) is 24.3 Å². The van der Waals surface area contributed by atoms with Crippen LogP contribution in [0.3, 0.4) is 0 Å². The van der Waals surface area contributed by atoms with Crippen LogP contribution in [0.2, 0.25) is 0 Å². The summed E-state index contributed by atoms with van der Waals surface area (Å²) in [6, 6.07) is 17.1. The Morgan fingerprint density at radius 1 is 0.985 bits per heavy atom. The van der Waals surface area contributed by atoms with E-state index in [0.29, 0.717) is 57.1 Å². The van der Waals surface area contributed by atoms with Gasteiger partial charge >= 0.3 is 0 Å². The van der Waals surface area contributed by atoms with Gasteiger partial charge in [0.25, 0.3) is 6.43 Å². The first-order valence-corrected chi connectivity index (χ1v) is 23.5. The molecule has 0 aliphatic carbocycles. The molecule has 7 rings (SSSR count). The molecular weight excluding hydrogens is 869 g/mol. The molecule has 0 radical (unpaired) electrons. The highest BCUT2D eigenvalue weighted by molar-refractivity contribution is 7.13. The van der Waals surface area contributed by atoms with E-state index in [1.807, 2.05) is 93.6 Å². The number of aromatic amines is 1. The average Bonchev–Trinajstić information content (AvgIpc) is 4.01. The summed E-state index contributed by atoms with van der Waals surface area (Å²) in [7, 11) is 0. The first kappa shape index (κ1) is 48.6. The van der Waals surface area contributed by atoms with Crippen molar-refractivity contribution in [2.75, 3.05) is 46.1 Å². The zero-order valence-electron chi connectivity index (χ0n) is 38.2. The standard InChI is InChI=1S/C49H61F2N7O7S/c1-30-22-37-36-10-6-7-11-38(36)55-43(37)44(57(30)27-41(50)51)39-17-16-35(25-52-39)65-21-20-63-18-8-9-19-64-28-42(60)56-46(49(3,4)5)48(62)58-26-34(59)23-40(58)47(61)53-24-32-12-14-33(15-13-32)45-31(2)54-29-66-45/h6-7,10-17,25,29-30,34,40-41,44,46,55,59H,8-9,18-24,26-28H2,1-5H3,(H,53,61)(H,56,60)/t30-,34-,40+,44-,46-/m1/s1. The van der Waals surface area contributed by atoms with Crippen molar-refractivity contribution in [3.8, 4) is 16.2 Å². The van der Waals surface area contributed by atoms with Crippen LogP contribution in [0.5, 0.6) is 5.75 Å². The number of hydrogen-bond acceptors (Lipinski definition) is 11. The third-order valence-corrected chi connectivity index (χ3v) is 13.2. The number of hydrogen-bond donors (Lipinski definition) is 4. The van der Waals surface area contributed by atoms with E-state index in [4.69, 9.17) is 14.2 Å². The number of fused-ring (bicyclic) bond motifs is 3. The Balaban J connectivity index is 0.799. The van der Waals surface area contributed by atoms with Gasteiger partial charge in [0.05, 0.1) is 53.3 Å². The number of ether oxygens (including phenoxy) is 3. The second-order valence-electron chi connectivity index (χ2n) is 18.2. The SMILES string of the molecule is Cc1ncsc1-c1ccc(CNC(=O)[C@@H]2C[C@@H](O)CN2C(=O)[C@@H](NC(=O)COCCCCOCCOc2ccc([C@@H]3c4[nH]c5ccccc5c4C[C@@H](C)N3CC(F)F)nc2)C(C)(C)C)cc1. The third-order valence-electron chi connectivity index (χ3n) is 12.2. The first-order chi connectivity index (χ1) is 31.7. The van der Waals surface area contributed by atoms with E-state index in [1.54, 1.807) is 23.6 Å². The summed E-state index contributed by atoms with van der Waals surface area (Å²) in [5.74, 6) is -0.727. The largest absolute Gasteiger partial charge is 0.490 e. The van der Waals surface area contributed by atoms with E-state index in [2.05, 4.69) is 31.7 Å². The number of likely N-dealkylation sites (tertiary alicyclic amines) is 1. The Hall–Kier alpha value is -5.33. The number of halogens is 2. The molecule has 3 amide bonds. The van der Waals surface area contributed by atoms with Crippen LogP contribution in [0, 0.1) is 12.3 Å². The summed E-state index contributed by atoms with van der Waals surface area (Å²) in [4.78, 5) is 57.1. The molecule has 0 spiro atoms. The van der Waals surface area contributed by atoms with Crippen molar-refractivity contribution in [3.05, 3.63) is 101 Å². The fourth-order valence-electron chi connectivity index (χ4n) is 8.79. The predicted molar refractivity (Wildman–Crippen MR) is 248 cm³/mol. The molecule has 14 nitrogen and oxygen atoms in total. The maximum absolute atomic E-state index is 14.0. The second-order valence-corrected chi connectivity index (χ2v) is 19.0. The maximum Gasteiger partial charge on any atom is 0.251 e. The summed E-state index contributed by atoms with van der Waals surface area (Å²) in [5.41, 5.74) is 7.69. The van der Waals surface area contributed by atoms with Crippen LogP contribution in [0.25, 0.3) is 21.3 Å². The topological polar surface area (TPSA) is 171 Å². The van der Waals surface area contributed by atoms with Crippen molar-refractivity contribution >= 4 is 40.0 Å². The molecule has 5 atom stereocenters. The van der Waals surface area contributed by atoms with E-state index in [1.165, 1.54) is 4.90 Å². The third kappa shape index (κ3) is 12.0. The molecular formula is C49H61F2N7O7S. The number of pyridine rings is 1. The smallest absolute Gasteiger partial charge is 0.251 e. The molecule has 2 aromatic carbocycles. The number of β-amino-alcohol motifs (C(OH)–C–C–N with tert-alkyl or cyclic N) is 1. The molecule has 0 saturated carbocycles. The van der Waals surface area contributed by atoms with Gasteiger partial charge in [0.15, 0.2) is 0 Å². The van der Waals surface area contributed by atoms with Gasteiger partial charge in [-0.15, -0.1) is 11.3 Å². The van der Waals surface area contributed by atoms with Gasteiger partial charge in [-0.05, 0) is 73.4 Å². The summed E-state index contributed by atoms with van der Waals surface area (Å²) in [6.45, 7) is 10.5. The van der Waals surface area contributed by atoms with Crippen LogP contribution in [0.4, 0.5) is 8.78 Å². The molecule has 4 N–H and O–H groups in total. The second kappa shape index (κ2) is 22.0. The Labute approximate surface area is 388 Å². The number of nitrogens with one attached hydrogen (secondary N) is 3. The molecule has 5 aromatic rings. The number of aliphatic hydroxyl groups is 1. The number of benzene rings is 2. The van der Waals surface area contributed by atoms with Crippen LogP contribution in [0.1, 0.15) is 81.2 Å². The number of carbonyl (C=O) groups is 3. The number of nitrogens with zero attached hydrogens (tertiary/aromatic N) is 4. The Morgan fingerprint density at radius 3 is 2.44 bits per heavy atom. The number of aliphatic hydroxyl groups excluding tert-OH is 1. The summed E-state index contributed by atoms with van der Waals surface area (Å²) < 4.78 is 44.7. The van der Waals surface area contributed by atoms with Gasteiger partial charge in [-0.25, -0.2) is 13.8 Å². The zero-order chi connectivity index (χ0) is 47.0. The molecule has 1 saturated heterocycles. The number of para-hydroxylation sites is 1. The van der Waals surface area contributed by atoms with Crippen LogP contribution in [-0.4, -0.2) is 124 Å². The number of H-pyrrole nitrogens is 1. The molecule has 1 fully saturated rings. The average molecular weight is 930 g/mol. The summed E-state index contributed by atoms with van der Waals surface area (Å²) >= 11 is 1.57. The predicted octanol–water partition coefficient (Wildman–Crippen LogP) is 6.60. The minimum Gasteiger partial charge on any atom is -0.490 e. The van der Waals surface area contributed by atoms with E-state index in [-0.39, 0.29) is 44.6 Å². The molecule has 0 unspecified atom stereocenters. The minimum atomic E-state index is -2.48. The van der Waals surface area contributed by atoms with Crippen molar-refractivity contribution in [1.29, 1.82) is 0 Å². The zero-order valence-corrected chi connectivity index (χ0v) is 39.0. The van der Waals surface area contributed by atoms with Crippen molar-refractivity contribution in [3.63, 3.8) is 0 Å². The molecule has 2 aliphatic heterocycles. The summed E-state index contributed by atoms with van der Waals surface area (Å²) in [6.07, 6.45) is 0.348. The molecule has 354 valence electrons. The Morgan fingerprint density at radius 2 is 1.74 bits per heavy atom. The fraction of sp³-hybridized carbons (Fsp3) is 0.490. The quantitative estimate of drug-likeness (QED) is 0.0624. The lowest BCUT2D eigenvalue weighted by Crippen LogP contribution is -2.58. The number of rotatable bonds is 20. The summed E-state index contributed by atoms with van der Waals surface area (Å²) in [5, 5.41) is 17.4. The highest BCUT2D eigenvalue weighted by Crippen LogP contribution is 2.41. The number of carbonyl (C=O) groups excluding carboxylic acids is 3. The number of alkyl halides is 2. The first-order valence-electron chi connectivity index (χ1n) is 22.6. The maximum atomic E-state index is 14.0. The van der Waals surface area contributed by atoms with Gasteiger partial charge in [0.1, 0.15) is 31.0 Å². The normalized spacial score (nSPS) is 19.3. The van der Waals surface area contributed by atoms with Crippen molar-refractivity contribution < 1.29 is 42.5 Å². The van der Waals surface area contributed by atoms with Crippen LogP contribution in [0.15, 0.2) is 72.4 Å². The van der Waals surface area contributed by atoms with E-state index in [0.717, 1.165) is 43.9 Å². The van der Waals surface area contributed by atoms with E-state index in [9.17, 15) is 28.3 Å². The van der Waals surface area contributed by atoms with Gasteiger partial charge in [-0.1, -0.05) is 63.2 Å². The minimum absolute atomic E-state index is 0.0167. The number of unbranched alkanes of at least 4 members (excludes halogenated alkanes) is 1. The fourth-order valence-corrected chi connectivity index (χ4v) is 9.60. The molecule has 17 heteroatoms. The van der Waals surface area contributed by atoms with Gasteiger partial charge in [0.2, 0.25) is 17.7 Å². The van der Waals surface area contributed by atoms with Crippen LogP contribution >= 0.6 is 11.3 Å². The molecule has 2 aliphatic rings. The molecule has 0 bridgehead atoms. The van der Waals surface area contributed by atoms with Gasteiger partial charge in [0, 0.05) is 55.4 Å². The number of thiazole rings is 1. The number of aryl methyl sites for hydroxylation is 1. The highest BCUT2D eigenvalue weighted by atomic mass is 32.1. The van der Waals surface area contributed by atoms with Crippen molar-refractivity contribution in [1.82, 2.24) is 35.4 Å². The molecule has 5 heterocycles. The highest BCUT2D eigenvalue weighted by Gasteiger charge is 2.44. The van der Waals surface area contributed by atoms with Crippen LogP contribution < -0.4 is 15.4 Å². The Kier molecular flexibility index (Phi) is 16.2. The molecule has 66 heavy (non-hydrogen) atoms. The van der Waals surface area contributed by atoms with Gasteiger partial charge in [-0.2, -0.15) is 0 Å². The number of amides is 3.